The molecule has 22 heavy (non-hydrogen) atoms. The van der Waals surface area contributed by atoms with Crippen LogP contribution in [0.1, 0.15) is 23.2 Å². The predicted octanol–water partition coefficient (Wildman–Crippen LogP) is 0.490. The Balaban J connectivity index is 0.000000406. The van der Waals surface area contributed by atoms with E-state index in [1.54, 1.807) is 12.1 Å². The molecule has 1 aromatic carbocycles. The zero-order valence-corrected chi connectivity index (χ0v) is 12.5. The Bertz CT molecular complexity index is 515. The summed E-state index contributed by atoms with van der Waals surface area (Å²) < 4.78 is 0. The van der Waals surface area contributed by atoms with E-state index in [0.29, 0.717) is 24.4 Å². The van der Waals surface area contributed by atoms with E-state index in [1.165, 1.54) is 12.1 Å². The summed E-state index contributed by atoms with van der Waals surface area (Å²) in [5.41, 5.74) is 15.6. The van der Waals surface area contributed by atoms with Crippen molar-refractivity contribution >= 4 is 29.5 Å². The van der Waals surface area contributed by atoms with Crippen molar-refractivity contribution in [2.75, 3.05) is 6.54 Å². The van der Waals surface area contributed by atoms with Crippen LogP contribution in [0.3, 0.4) is 0 Å². The molecule has 9 heteroatoms. The van der Waals surface area contributed by atoms with E-state index >= 15 is 0 Å². The van der Waals surface area contributed by atoms with Crippen molar-refractivity contribution < 1.29 is 19.8 Å². The van der Waals surface area contributed by atoms with Crippen molar-refractivity contribution in [3.05, 3.63) is 34.9 Å². The minimum Gasteiger partial charge on any atom is -0.480 e. The molecule has 1 unspecified atom stereocenters. The first-order valence-corrected chi connectivity index (χ1v) is 6.64. The number of nitrogens with two attached hydrogens (primary N) is 3. The van der Waals surface area contributed by atoms with Crippen LogP contribution in [0.25, 0.3) is 0 Å². The Hall–Kier alpha value is -2.32. The molecule has 1 rings (SSSR count). The molecule has 0 aromatic heterocycles. The number of aliphatic imine (C=N–C) groups is 1. The number of carbonyl (C=O) groups is 2. The van der Waals surface area contributed by atoms with Gasteiger partial charge in [0.1, 0.15) is 6.04 Å². The SMILES string of the molecule is NC(N)=NCCCC(N)C(=O)O.O=C(O)c1ccc(Cl)cc1. The molecule has 0 aliphatic heterocycles. The van der Waals surface area contributed by atoms with Crippen LogP contribution >= 0.6 is 11.6 Å². The van der Waals surface area contributed by atoms with Crippen LogP contribution in [0, 0.1) is 0 Å². The molecule has 0 fully saturated rings. The smallest absolute Gasteiger partial charge is 0.335 e. The first-order chi connectivity index (χ1) is 10.2. The number of nitrogens with zero attached hydrogens (tertiary/aromatic N) is 1. The lowest BCUT2D eigenvalue weighted by Crippen LogP contribution is -2.30. The van der Waals surface area contributed by atoms with E-state index in [4.69, 9.17) is 39.0 Å². The van der Waals surface area contributed by atoms with Gasteiger partial charge in [-0.05, 0) is 37.1 Å². The normalized spacial score (nSPS) is 10.8. The highest BCUT2D eigenvalue weighted by atomic mass is 35.5. The molecule has 0 radical (unpaired) electrons. The van der Waals surface area contributed by atoms with E-state index in [-0.39, 0.29) is 11.5 Å². The number of aliphatic carboxylic acids is 1. The van der Waals surface area contributed by atoms with E-state index in [2.05, 4.69) is 4.99 Å². The second-order valence-corrected chi connectivity index (χ2v) is 4.64. The third-order valence-corrected chi connectivity index (χ3v) is 2.63. The highest BCUT2D eigenvalue weighted by Crippen LogP contribution is 2.08. The highest BCUT2D eigenvalue weighted by molar-refractivity contribution is 6.30. The van der Waals surface area contributed by atoms with Gasteiger partial charge in [-0.25, -0.2) is 4.79 Å². The molecule has 0 amide bonds. The van der Waals surface area contributed by atoms with Crippen LogP contribution in [0.15, 0.2) is 29.3 Å². The number of carboxylic acids is 2. The van der Waals surface area contributed by atoms with E-state index in [0.717, 1.165) is 0 Å². The quantitative estimate of drug-likeness (QED) is 0.287. The fourth-order valence-electron chi connectivity index (χ4n) is 1.24. The van der Waals surface area contributed by atoms with Gasteiger partial charge in [0.25, 0.3) is 0 Å². The summed E-state index contributed by atoms with van der Waals surface area (Å²) in [6, 6.07) is 5.20. The molecule has 1 aromatic rings. The van der Waals surface area contributed by atoms with E-state index in [1.807, 2.05) is 0 Å². The zero-order chi connectivity index (χ0) is 17.1. The van der Waals surface area contributed by atoms with E-state index < -0.39 is 18.0 Å². The maximum Gasteiger partial charge on any atom is 0.335 e. The van der Waals surface area contributed by atoms with Gasteiger partial charge in [-0.15, -0.1) is 0 Å². The molecule has 1 atom stereocenters. The first kappa shape index (κ1) is 19.7. The number of guanidine groups is 1. The lowest BCUT2D eigenvalue weighted by Gasteiger charge is -2.03. The molecule has 0 spiro atoms. The molecule has 0 heterocycles. The summed E-state index contributed by atoms with van der Waals surface area (Å²) in [6.45, 7) is 0.420. The molecule has 122 valence electrons. The number of benzene rings is 1. The van der Waals surface area contributed by atoms with Gasteiger partial charge in [0.05, 0.1) is 5.56 Å². The van der Waals surface area contributed by atoms with Gasteiger partial charge in [-0.2, -0.15) is 0 Å². The lowest BCUT2D eigenvalue weighted by atomic mass is 10.2. The third-order valence-electron chi connectivity index (χ3n) is 2.38. The summed E-state index contributed by atoms with van der Waals surface area (Å²) in [6.07, 6.45) is 0.956. The second kappa shape index (κ2) is 10.4. The van der Waals surface area contributed by atoms with Crippen molar-refractivity contribution in [1.29, 1.82) is 0 Å². The number of rotatable bonds is 6. The van der Waals surface area contributed by atoms with Gasteiger partial charge in [0, 0.05) is 11.6 Å². The summed E-state index contributed by atoms with van der Waals surface area (Å²) in [5, 5.41) is 17.4. The minimum absolute atomic E-state index is 0.0129. The van der Waals surface area contributed by atoms with Gasteiger partial charge < -0.3 is 27.4 Å². The van der Waals surface area contributed by atoms with Crippen molar-refractivity contribution in [2.24, 2.45) is 22.2 Å². The Morgan fingerprint density at radius 2 is 1.73 bits per heavy atom. The molecule has 0 saturated heterocycles. The van der Waals surface area contributed by atoms with Crippen LogP contribution in [-0.4, -0.2) is 40.7 Å². The fraction of sp³-hybridized carbons (Fsp3) is 0.308. The molecule has 8 N–H and O–H groups in total. The number of aromatic carboxylic acids is 1. The fourth-order valence-corrected chi connectivity index (χ4v) is 1.36. The summed E-state index contributed by atoms with van der Waals surface area (Å²) in [4.78, 5) is 24.2. The van der Waals surface area contributed by atoms with E-state index in [9.17, 15) is 9.59 Å². The standard InChI is InChI=1S/C7H5ClO2.C6H14N4O2/c8-6-3-1-5(2-4-6)7(9)10;7-4(5(11)12)2-1-3-10-6(8)9/h1-4H,(H,9,10);4H,1-3,7H2,(H,11,12)(H4,8,9,10). The van der Waals surface area contributed by atoms with Crippen molar-refractivity contribution in [3.8, 4) is 0 Å². The summed E-state index contributed by atoms with van der Waals surface area (Å²) in [5.74, 6) is -1.92. The second-order valence-electron chi connectivity index (χ2n) is 4.21. The Morgan fingerprint density at radius 3 is 2.14 bits per heavy atom. The summed E-state index contributed by atoms with van der Waals surface area (Å²) >= 11 is 5.52. The van der Waals surface area contributed by atoms with Crippen LogP contribution in [0.4, 0.5) is 0 Å². The number of hydrogen-bond donors (Lipinski definition) is 5. The van der Waals surface area contributed by atoms with Crippen molar-refractivity contribution in [3.63, 3.8) is 0 Å². The monoisotopic (exact) mass is 330 g/mol. The van der Waals surface area contributed by atoms with Crippen LogP contribution < -0.4 is 17.2 Å². The number of halogens is 1. The minimum atomic E-state index is -1.00. The van der Waals surface area contributed by atoms with Crippen LogP contribution in [0.5, 0.6) is 0 Å². The average molecular weight is 331 g/mol. The van der Waals surface area contributed by atoms with Crippen LogP contribution in [0.2, 0.25) is 5.02 Å². The Kier molecular flexibility index (Phi) is 9.31. The average Bonchev–Trinajstić information content (AvgIpc) is 2.44. The Labute approximate surface area is 132 Å². The van der Waals surface area contributed by atoms with Gasteiger partial charge in [0.2, 0.25) is 0 Å². The number of carboxylic acid groups (broad SMARTS) is 2. The van der Waals surface area contributed by atoms with Gasteiger partial charge in [-0.3, -0.25) is 9.79 Å². The Morgan fingerprint density at radius 1 is 1.18 bits per heavy atom. The number of hydrogen-bond acceptors (Lipinski definition) is 4. The first-order valence-electron chi connectivity index (χ1n) is 6.26. The molecular formula is C13H19ClN4O4. The topological polar surface area (TPSA) is 165 Å². The maximum atomic E-state index is 10.3. The molecule has 8 nitrogen and oxygen atoms in total. The van der Waals surface area contributed by atoms with Gasteiger partial charge >= 0.3 is 11.9 Å². The van der Waals surface area contributed by atoms with Crippen molar-refractivity contribution in [2.45, 2.75) is 18.9 Å². The highest BCUT2D eigenvalue weighted by Gasteiger charge is 2.09. The largest absolute Gasteiger partial charge is 0.480 e. The zero-order valence-electron chi connectivity index (χ0n) is 11.8. The molecule has 0 saturated carbocycles. The van der Waals surface area contributed by atoms with Crippen LogP contribution in [-0.2, 0) is 4.79 Å². The maximum absolute atomic E-state index is 10.3. The molecular weight excluding hydrogens is 312 g/mol. The summed E-state index contributed by atoms with van der Waals surface area (Å²) in [7, 11) is 0. The predicted molar refractivity (Wildman–Crippen MR) is 83.9 cm³/mol. The van der Waals surface area contributed by atoms with Gasteiger partial charge in [-0.1, -0.05) is 11.6 Å². The molecule has 0 bridgehead atoms. The lowest BCUT2D eigenvalue weighted by molar-refractivity contribution is -0.138. The van der Waals surface area contributed by atoms with Gasteiger partial charge in [0.15, 0.2) is 5.96 Å². The molecule has 0 aliphatic rings. The van der Waals surface area contributed by atoms with Crippen molar-refractivity contribution in [1.82, 2.24) is 0 Å². The molecule has 0 aliphatic carbocycles. The third kappa shape index (κ3) is 9.56.